The summed E-state index contributed by atoms with van der Waals surface area (Å²) in [4.78, 5) is 17.5. The van der Waals surface area contributed by atoms with Crippen LogP contribution in [0, 0.1) is 5.92 Å². The molecular formula is C13H23N3O2S. The normalized spacial score (nSPS) is 12.4. The van der Waals surface area contributed by atoms with Crippen LogP contribution < -0.4 is 10.2 Å². The summed E-state index contributed by atoms with van der Waals surface area (Å²) in [6, 6.07) is 0. The molecule has 108 valence electrons. The zero-order valence-electron chi connectivity index (χ0n) is 11.8. The van der Waals surface area contributed by atoms with Gasteiger partial charge in [0.25, 0.3) is 0 Å². The Bertz CT molecular complexity index is 395. The van der Waals surface area contributed by atoms with Crippen LogP contribution >= 0.6 is 11.3 Å². The predicted octanol–water partition coefficient (Wildman–Crippen LogP) is 1.62. The molecule has 0 spiro atoms. The van der Waals surface area contributed by atoms with Crippen LogP contribution in [0.4, 0.5) is 5.13 Å². The predicted molar refractivity (Wildman–Crippen MR) is 78.4 cm³/mol. The summed E-state index contributed by atoms with van der Waals surface area (Å²) in [6.45, 7) is 8.03. The first-order chi connectivity index (χ1) is 9.08. The summed E-state index contributed by atoms with van der Waals surface area (Å²) in [6.07, 6.45) is 0.809. The maximum atomic E-state index is 11.4. The summed E-state index contributed by atoms with van der Waals surface area (Å²) >= 11 is 1.49. The second-order valence-corrected chi connectivity index (χ2v) is 5.47. The van der Waals surface area contributed by atoms with E-state index >= 15 is 0 Å². The molecule has 0 radical (unpaired) electrons. The highest BCUT2D eigenvalue weighted by Gasteiger charge is 2.13. The van der Waals surface area contributed by atoms with Gasteiger partial charge in [-0.2, -0.15) is 0 Å². The maximum absolute atomic E-state index is 11.4. The Hall–Kier alpha value is -0.980. The van der Waals surface area contributed by atoms with E-state index in [4.69, 9.17) is 5.11 Å². The number of nitrogens with zero attached hydrogens (tertiary/aromatic N) is 2. The lowest BCUT2D eigenvalue weighted by Gasteiger charge is -2.14. The molecule has 5 nitrogen and oxygen atoms in total. The number of aliphatic hydroxyl groups is 1. The van der Waals surface area contributed by atoms with Gasteiger partial charge >= 0.3 is 0 Å². The van der Waals surface area contributed by atoms with Crippen molar-refractivity contribution >= 4 is 22.4 Å². The van der Waals surface area contributed by atoms with Crippen LogP contribution in [0.3, 0.4) is 0 Å². The molecule has 1 amide bonds. The van der Waals surface area contributed by atoms with Crippen LogP contribution in [0.5, 0.6) is 0 Å². The van der Waals surface area contributed by atoms with Crippen molar-refractivity contribution in [2.75, 3.05) is 24.6 Å². The Labute approximate surface area is 118 Å². The van der Waals surface area contributed by atoms with Gasteiger partial charge in [0.15, 0.2) is 5.13 Å². The van der Waals surface area contributed by atoms with E-state index in [0.717, 1.165) is 23.8 Å². The molecule has 19 heavy (non-hydrogen) atoms. The van der Waals surface area contributed by atoms with Crippen LogP contribution in [0.2, 0.25) is 0 Å². The molecular weight excluding hydrogens is 262 g/mol. The highest BCUT2D eigenvalue weighted by atomic mass is 32.1. The number of aliphatic hydroxyl groups excluding tert-OH is 1. The van der Waals surface area contributed by atoms with Gasteiger partial charge in [-0.15, -0.1) is 11.3 Å². The van der Waals surface area contributed by atoms with E-state index in [9.17, 15) is 4.79 Å². The molecule has 1 aromatic rings. The molecule has 0 bridgehead atoms. The number of carbonyl (C=O) groups is 1. The quantitative estimate of drug-likeness (QED) is 0.762. The Kier molecular flexibility index (Phi) is 6.97. The van der Waals surface area contributed by atoms with E-state index in [-0.39, 0.29) is 12.5 Å². The number of hydrogen-bond donors (Lipinski definition) is 2. The molecule has 2 N–H and O–H groups in total. The lowest BCUT2D eigenvalue weighted by atomic mass is 10.1. The largest absolute Gasteiger partial charge is 0.396 e. The van der Waals surface area contributed by atoms with E-state index in [1.807, 2.05) is 12.3 Å². The third-order valence-corrected chi connectivity index (χ3v) is 3.80. The van der Waals surface area contributed by atoms with Crippen molar-refractivity contribution in [3.8, 4) is 0 Å². The van der Waals surface area contributed by atoms with Gasteiger partial charge in [-0.1, -0.05) is 6.92 Å². The molecule has 0 fully saturated rings. The summed E-state index contributed by atoms with van der Waals surface area (Å²) in [5, 5.41) is 14.9. The van der Waals surface area contributed by atoms with Gasteiger partial charge in [-0.3, -0.25) is 9.69 Å². The molecule has 0 aliphatic carbocycles. The third-order valence-electron chi connectivity index (χ3n) is 2.89. The molecule has 1 heterocycles. The fraction of sp³-hybridized carbons (Fsp3) is 0.692. The van der Waals surface area contributed by atoms with Crippen molar-refractivity contribution < 1.29 is 9.90 Å². The fourth-order valence-corrected chi connectivity index (χ4v) is 2.70. The van der Waals surface area contributed by atoms with Crippen LogP contribution in [-0.4, -0.2) is 35.7 Å². The lowest BCUT2D eigenvalue weighted by Crippen LogP contribution is -2.28. The van der Waals surface area contributed by atoms with E-state index in [2.05, 4.69) is 17.2 Å². The molecule has 0 saturated carbocycles. The minimum absolute atomic E-state index is 0.0212. The molecule has 1 unspecified atom stereocenters. The Morgan fingerprint density at radius 1 is 1.63 bits per heavy atom. The smallest absolute Gasteiger partial charge is 0.225 e. The molecule has 0 aliphatic heterocycles. The topological polar surface area (TPSA) is 65.5 Å². The molecule has 0 saturated heterocycles. The summed E-state index contributed by atoms with van der Waals surface area (Å²) < 4.78 is 0. The number of thiazole rings is 1. The van der Waals surface area contributed by atoms with Gasteiger partial charge in [-0.25, -0.2) is 4.98 Å². The van der Waals surface area contributed by atoms with Crippen LogP contribution in [0.15, 0.2) is 5.38 Å². The summed E-state index contributed by atoms with van der Waals surface area (Å²) in [5.41, 5.74) is 0.955. The van der Waals surface area contributed by atoms with Gasteiger partial charge in [0, 0.05) is 32.0 Å². The van der Waals surface area contributed by atoms with Crippen molar-refractivity contribution in [3.63, 3.8) is 0 Å². The number of nitrogens with one attached hydrogen (secondary N) is 1. The minimum Gasteiger partial charge on any atom is -0.396 e. The first kappa shape index (κ1) is 16.1. The lowest BCUT2D eigenvalue weighted by molar-refractivity contribution is -0.116. The zero-order chi connectivity index (χ0) is 14.3. The number of amides is 1. The van der Waals surface area contributed by atoms with E-state index in [0.29, 0.717) is 19.0 Å². The molecule has 6 heteroatoms. The molecule has 1 atom stereocenters. The van der Waals surface area contributed by atoms with Gasteiger partial charge in [0.2, 0.25) is 5.91 Å². The average Bonchev–Trinajstić information content (AvgIpc) is 2.78. The number of aromatic nitrogens is 1. The first-order valence-electron chi connectivity index (χ1n) is 6.62. The Morgan fingerprint density at radius 2 is 2.37 bits per heavy atom. The summed E-state index contributed by atoms with van der Waals surface area (Å²) in [5.74, 6) is 0.473. The fourth-order valence-electron chi connectivity index (χ4n) is 1.76. The van der Waals surface area contributed by atoms with Gasteiger partial charge in [-0.05, 0) is 25.8 Å². The number of carbonyl (C=O) groups excluding carboxylic acids is 1. The maximum Gasteiger partial charge on any atom is 0.225 e. The van der Waals surface area contributed by atoms with Crippen LogP contribution in [0.1, 0.15) is 32.9 Å². The molecule has 1 rings (SSSR count). The van der Waals surface area contributed by atoms with E-state index in [1.54, 1.807) is 11.8 Å². The molecule has 0 aromatic carbocycles. The molecule has 0 aliphatic rings. The molecule has 1 aromatic heterocycles. The van der Waals surface area contributed by atoms with Gasteiger partial charge < -0.3 is 10.4 Å². The monoisotopic (exact) mass is 285 g/mol. The second kappa shape index (κ2) is 8.24. The summed E-state index contributed by atoms with van der Waals surface area (Å²) in [7, 11) is 0. The van der Waals surface area contributed by atoms with Crippen molar-refractivity contribution in [2.24, 2.45) is 5.92 Å². The highest BCUT2D eigenvalue weighted by Crippen LogP contribution is 2.20. The average molecular weight is 285 g/mol. The van der Waals surface area contributed by atoms with Crippen molar-refractivity contribution in [1.29, 1.82) is 0 Å². The van der Waals surface area contributed by atoms with Gasteiger partial charge in [0.1, 0.15) is 0 Å². The van der Waals surface area contributed by atoms with Gasteiger partial charge in [0.05, 0.1) is 5.69 Å². The van der Waals surface area contributed by atoms with Crippen molar-refractivity contribution in [2.45, 2.75) is 33.7 Å². The van der Waals surface area contributed by atoms with Crippen LogP contribution in [0.25, 0.3) is 0 Å². The SMILES string of the molecule is CCN(C(C)=O)c1nc(CNCC(C)CCO)cs1. The second-order valence-electron chi connectivity index (χ2n) is 4.63. The number of rotatable bonds is 8. The minimum atomic E-state index is 0.0212. The number of anilines is 1. The van der Waals surface area contributed by atoms with Crippen molar-refractivity contribution in [1.82, 2.24) is 10.3 Å². The first-order valence-corrected chi connectivity index (χ1v) is 7.50. The highest BCUT2D eigenvalue weighted by molar-refractivity contribution is 7.14. The van der Waals surface area contributed by atoms with E-state index in [1.165, 1.54) is 11.3 Å². The zero-order valence-corrected chi connectivity index (χ0v) is 12.7. The number of hydrogen-bond acceptors (Lipinski definition) is 5. The third kappa shape index (κ3) is 5.26. The Balaban J connectivity index is 2.44. The van der Waals surface area contributed by atoms with E-state index < -0.39 is 0 Å². The standard InChI is InChI=1S/C13H23N3O2S/c1-4-16(11(3)18)13-15-12(9-19-13)8-14-7-10(2)5-6-17/h9-10,14,17H,4-8H2,1-3H3. The Morgan fingerprint density at radius 3 is 2.95 bits per heavy atom. The van der Waals surface area contributed by atoms with Crippen molar-refractivity contribution in [3.05, 3.63) is 11.1 Å². The van der Waals surface area contributed by atoms with Crippen LogP contribution in [-0.2, 0) is 11.3 Å².